The van der Waals surface area contributed by atoms with Crippen LogP contribution < -0.4 is 4.74 Å². The normalized spacial score (nSPS) is 9.56. The van der Waals surface area contributed by atoms with Crippen LogP contribution in [0.25, 0.3) is 0 Å². The summed E-state index contributed by atoms with van der Waals surface area (Å²) in [6, 6.07) is 6.49. The minimum Gasteiger partial charge on any atom is -0.489 e. The molecule has 0 radical (unpaired) electrons. The lowest BCUT2D eigenvalue weighted by atomic mass is 10.1. The van der Waals surface area contributed by atoms with E-state index in [1.54, 1.807) is 24.3 Å². The molecule has 1 aromatic rings. The molecule has 0 saturated heterocycles. The molecule has 1 rings (SSSR count). The molecule has 0 fully saturated rings. The van der Waals surface area contributed by atoms with E-state index in [4.69, 9.17) is 9.84 Å². The van der Waals surface area contributed by atoms with Crippen molar-refractivity contribution in [1.29, 1.82) is 0 Å². The summed E-state index contributed by atoms with van der Waals surface area (Å²) >= 11 is 0. The fourth-order valence-electron chi connectivity index (χ4n) is 1.02. The van der Waals surface area contributed by atoms with Crippen molar-refractivity contribution in [3.8, 4) is 5.75 Å². The lowest BCUT2D eigenvalue weighted by Gasteiger charge is -2.05. The van der Waals surface area contributed by atoms with Crippen LogP contribution in [0.3, 0.4) is 0 Å². The molecule has 0 aliphatic carbocycles. The third-order valence-electron chi connectivity index (χ3n) is 1.98. The van der Waals surface area contributed by atoms with Gasteiger partial charge in [-0.3, -0.25) is 4.79 Å². The zero-order chi connectivity index (χ0) is 12.1. The molecule has 16 heavy (non-hydrogen) atoms. The van der Waals surface area contributed by atoms with E-state index in [0.717, 1.165) is 0 Å². The Morgan fingerprint density at radius 1 is 1.31 bits per heavy atom. The van der Waals surface area contributed by atoms with Crippen LogP contribution in [0.4, 0.5) is 0 Å². The van der Waals surface area contributed by atoms with E-state index in [1.165, 1.54) is 6.92 Å². The number of carbonyl (C=O) groups is 2. The van der Waals surface area contributed by atoms with E-state index in [1.807, 2.05) is 0 Å². The Balaban J connectivity index is 2.59. The first-order valence-electron chi connectivity index (χ1n) is 4.65. The third-order valence-corrected chi connectivity index (χ3v) is 1.98. The molecule has 0 heterocycles. The van der Waals surface area contributed by atoms with Crippen molar-refractivity contribution in [2.24, 2.45) is 0 Å². The zero-order valence-corrected chi connectivity index (χ0v) is 8.90. The number of ether oxygens (including phenoxy) is 1. The summed E-state index contributed by atoms with van der Waals surface area (Å²) in [6.07, 6.45) is 0. The molecule has 0 aliphatic rings. The molecule has 0 aliphatic heterocycles. The van der Waals surface area contributed by atoms with Crippen LogP contribution in [0.15, 0.2) is 36.4 Å². The molecular formula is C12H12O4. The smallest absolute Gasteiger partial charge is 0.334 e. The molecule has 1 N–H and O–H groups in total. The maximum atomic E-state index is 11.0. The maximum absolute atomic E-state index is 11.0. The number of hydrogen-bond donors (Lipinski definition) is 1. The quantitative estimate of drug-likeness (QED) is 0.608. The molecule has 4 heteroatoms. The minimum absolute atomic E-state index is 0.0179. The van der Waals surface area contributed by atoms with E-state index in [-0.39, 0.29) is 18.0 Å². The van der Waals surface area contributed by atoms with Gasteiger partial charge in [0.2, 0.25) is 0 Å². The molecule has 0 aromatic heterocycles. The highest BCUT2D eigenvalue weighted by molar-refractivity contribution is 5.94. The highest BCUT2D eigenvalue weighted by Gasteiger charge is 2.05. The predicted octanol–water partition coefficient (Wildman–Crippen LogP) is 1.91. The fourth-order valence-corrected chi connectivity index (χ4v) is 1.02. The van der Waals surface area contributed by atoms with Crippen LogP contribution >= 0.6 is 0 Å². The molecule has 0 amide bonds. The predicted molar refractivity (Wildman–Crippen MR) is 58.7 cm³/mol. The average Bonchev–Trinajstić information content (AvgIpc) is 2.26. The molecule has 4 nitrogen and oxygen atoms in total. The minimum atomic E-state index is -1.08. The lowest BCUT2D eigenvalue weighted by molar-refractivity contribution is -0.133. The summed E-state index contributed by atoms with van der Waals surface area (Å²) in [4.78, 5) is 21.4. The summed E-state index contributed by atoms with van der Waals surface area (Å²) in [6.45, 7) is 4.74. The number of benzene rings is 1. The van der Waals surface area contributed by atoms with Gasteiger partial charge in [0.1, 0.15) is 12.4 Å². The molecule has 0 atom stereocenters. The monoisotopic (exact) mass is 220 g/mol. The first kappa shape index (κ1) is 12.0. The number of carboxylic acid groups (broad SMARTS) is 1. The van der Waals surface area contributed by atoms with Crippen LogP contribution in [0.5, 0.6) is 5.75 Å². The van der Waals surface area contributed by atoms with Crippen molar-refractivity contribution in [3.63, 3.8) is 0 Å². The highest BCUT2D eigenvalue weighted by Crippen LogP contribution is 2.13. The van der Waals surface area contributed by atoms with Gasteiger partial charge in [0.25, 0.3) is 0 Å². The second kappa shape index (κ2) is 5.11. The Hall–Kier alpha value is -2.10. The van der Waals surface area contributed by atoms with Gasteiger partial charge in [0.05, 0.1) is 5.57 Å². The number of ketones is 1. The van der Waals surface area contributed by atoms with Crippen molar-refractivity contribution < 1.29 is 19.4 Å². The van der Waals surface area contributed by atoms with Gasteiger partial charge in [-0.25, -0.2) is 4.79 Å². The lowest BCUT2D eigenvalue weighted by Crippen LogP contribution is -2.08. The van der Waals surface area contributed by atoms with Crippen LogP contribution in [-0.4, -0.2) is 23.5 Å². The SMILES string of the molecule is C=C(COc1ccc(C(C)=O)cc1)C(=O)O. The van der Waals surface area contributed by atoms with Gasteiger partial charge >= 0.3 is 5.97 Å². The van der Waals surface area contributed by atoms with Gasteiger partial charge in [0.15, 0.2) is 5.78 Å². The van der Waals surface area contributed by atoms with E-state index >= 15 is 0 Å². The molecule has 1 aromatic carbocycles. The Bertz CT molecular complexity index is 417. The molecule has 0 saturated carbocycles. The van der Waals surface area contributed by atoms with E-state index < -0.39 is 5.97 Å². The standard InChI is InChI=1S/C12H12O4/c1-8(12(14)15)7-16-11-5-3-10(4-6-11)9(2)13/h3-6H,1,7H2,2H3,(H,14,15). The summed E-state index contributed by atoms with van der Waals surface area (Å²) in [5, 5.41) is 8.55. The number of carbonyl (C=O) groups excluding carboxylic acids is 1. The Labute approximate surface area is 93.2 Å². The van der Waals surface area contributed by atoms with Crippen LogP contribution in [0, 0.1) is 0 Å². The first-order chi connectivity index (χ1) is 7.50. The summed E-state index contributed by atoms with van der Waals surface area (Å²) in [5.74, 6) is -0.603. The molecule has 0 spiro atoms. The fraction of sp³-hybridized carbons (Fsp3) is 0.167. The second-order valence-electron chi connectivity index (χ2n) is 3.28. The summed E-state index contributed by atoms with van der Waals surface area (Å²) < 4.78 is 5.17. The Kier molecular flexibility index (Phi) is 3.83. The van der Waals surface area contributed by atoms with Gasteiger partial charge in [-0.1, -0.05) is 6.58 Å². The van der Waals surface area contributed by atoms with Gasteiger partial charge in [-0.05, 0) is 31.2 Å². The van der Waals surface area contributed by atoms with Gasteiger partial charge in [-0.2, -0.15) is 0 Å². The number of hydrogen-bond acceptors (Lipinski definition) is 3. The number of aliphatic carboxylic acids is 1. The number of carboxylic acids is 1. The molecule has 0 unspecified atom stereocenters. The molecule has 84 valence electrons. The van der Waals surface area contributed by atoms with Crippen LogP contribution in [0.1, 0.15) is 17.3 Å². The van der Waals surface area contributed by atoms with Gasteiger partial charge in [-0.15, -0.1) is 0 Å². The van der Waals surface area contributed by atoms with Crippen LogP contribution in [-0.2, 0) is 4.79 Å². The van der Waals surface area contributed by atoms with Crippen molar-refractivity contribution >= 4 is 11.8 Å². The van der Waals surface area contributed by atoms with E-state index in [2.05, 4.69) is 6.58 Å². The van der Waals surface area contributed by atoms with Gasteiger partial charge in [0, 0.05) is 5.56 Å². The van der Waals surface area contributed by atoms with Crippen molar-refractivity contribution in [3.05, 3.63) is 42.0 Å². The summed E-state index contributed by atoms with van der Waals surface area (Å²) in [5.41, 5.74) is 0.569. The van der Waals surface area contributed by atoms with Crippen molar-refractivity contribution in [2.45, 2.75) is 6.92 Å². The van der Waals surface area contributed by atoms with Gasteiger partial charge < -0.3 is 9.84 Å². The average molecular weight is 220 g/mol. The number of rotatable bonds is 5. The highest BCUT2D eigenvalue weighted by atomic mass is 16.5. The maximum Gasteiger partial charge on any atom is 0.334 e. The van der Waals surface area contributed by atoms with Crippen molar-refractivity contribution in [2.75, 3.05) is 6.61 Å². The Morgan fingerprint density at radius 3 is 2.31 bits per heavy atom. The third kappa shape index (κ3) is 3.24. The first-order valence-corrected chi connectivity index (χ1v) is 4.65. The van der Waals surface area contributed by atoms with E-state index in [9.17, 15) is 9.59 Å². The Morgan fingerprint density at radius 2 is 1.88 bits per heavy atom. The second-order valence-corrected chi connectivity index (χ2v) is 3.28. The molecule has 0 bridgehead atoms. The summed E-state index contributed by atoms with van der Waals surface area (Å²) in [7, 11) is 0. The topological polar surface area (TPSA) is 63.6 Å². The largest absolute Gasteiger partial charge is 0.489 e. The van der Waals surface area contributed by atoms with Crippen molar-refractivity contribution in [1.82, 2.24) is 0 Å². The number of Topliss-reactive ketones (excluding diaryl/α,β-unsaturated/α-hetero) is 1. The zero-order valence-electron chi connectivity index (χ0n) is 8.90. The molecular weight excluding hydrogens is 208 g/mol. The van der Waals surface area contributed by atoms with E-state index in [0.29, 0.717) is 11.3 Å². The van der Waals surface area contributed by atoms with Crippen LogP contribution in [0.2, 0.25) is 0 Å².